The van der Waals surface area contributed by atoms with Crippen molar-refractivity contribution < 1.29 is 14.6 Å². The highest BCUT2D eigenvalue weighted by Crippen LogP contribution is 2.16. The molecule has 0 bridgehead atoms. The van der Waals surface area contributed by atoms with Gasteiger partial charge in [0.2, 0.25) is 0 Å². The molecule has 1 atom stereocenters. The molecule has 1 aromatic rings. The molecule has 0 radical (unpaired) electrons. The van der Waals surface area contributed by atoms with Crippen molar-refractivity contribution in [1.29, 1.82) is 0 Å². The van der Waals surface area contributed by atoms with Crippen LogP contribution in [0.5, 0.6) is 5.75 Å². The van der Waals surface area contributed by atoms with Crippen molar-refractivity contribution in [3.63, 3.8) is 0 Å². The summed E-state index contributed by atoms with van der Waals surface area (Å²) in [6.45, 7) is 4.17. The molecule has 0 saturated carbocycles. The molecule has 4 nitrogen and oxygen atoms in total. The predicted molar refractivity (Wildman–Crippen MR) is 61.3 cm³/mol. The molecule has 1 amide bonds. The average Bonchev–Trinajstić information content (AvgIpc) is 2.27. The molecule has 4 heteroatoms. The van der Waals surface area contributed by atoms with E-state index in [1.807, 2.05) is 6.92 Å². The molecular formula is C12H17NO3. The summed E-state index contributed by atoms with van der Waals surface area (Å²) in [5, 5.41) is 11.9. The maximum atomic E-state index is 11.1. The van der Waals surface area contributed by atoms with Crippen LogP contribution in [-0.2, 0) is 4.79 Å². The van der Waals surface area contributed by atoms with Crippen LogP contribution in [0.25, 0.3) is 0 Å². The Kier molecular flexibility index (Phi) is 4.79. The van der Waals surface area contributed by atoms with Crippen LogP contribution in [0.4, 0.5) is 0 Å². The third kappa shape index (κ3) is 3.90. The lowest BCUT2D eigenvalue weighted by Crippen LogP contribution is -2.28. The van der Waals surface area contributed by atoms with E-state index in [1.54, 1.807) is 31.2 Å². The van der Waals surface area contributed by atoms with E-state index >= 15 is 0 Å². The van der Waals surface area contributed by atoms with Crippen LogP contribution in [0, 0.1) is 0 Å². The first kappa shape index (κ1) is 12.5. The molecule has 0 saturated heterocycles. The van der Waals surface area contributed by atoms with Crippen LogP contribution in [-0.4, -0.2) is 24.2 Å². The van der Waals surface area contributed by atoms with Gasteiger partial charge in [-0.05, 0) is 31.5 Å². The maximum absolute atomic E-state index is 11.1. The molecule has 1 rings (SSSR count). The number of hydrogen-bond acceptors (Lipinski definition) is 3. The normalized spacial score (nSPS) is 11.9. The summed E-state index contributed by atoms with van der Waals surface area (Å²) in [7, 11) is 0. The minimum absolute atomic E-state index is 0.0157. The monoisotopic (exact) mass is 223 g/mol. The summed E-state index contributed by atoms with van der Waals surface area (Å²) in [6.07, 6.45) is -0.488. The van der Waals surface area contributed by atoms with Gasteiger partial charge in [-0.2, -0.15) is 0 Å². The van der Waals surface area contributed by atoms with Crippen LogP contribution >= 0.6 is 0 Å². The number of nitrogens with one attached hydrogen (secondary N) is 1. The number of benzene rings is 1. The number of ether oxygens (including phenoxy) is 1. The van der Waals surface area contributed by atoms with Crippen LogP contribution in [0.2, 0.25) is 0 Å². The molecule has 0 aliphatic carbocycles. The SMILES string of the molecule is CCNC(=O)COc1ccc([C@H](C)O)cc1. The molecule has 88 valence electrons. The Morgan fingerprint density at radius 3 is 2.56 bits per heavy atom. The molecule has 0 spiro atoms. The zero-order valence-corrected chi connectivity index (χ0v) is 9.56. The number of amides is 1. The van der Waals surface area contributed by atoms with Crippen LogP contribution in [0.3, 0.4) is 0 Å². The molecule has 2 N–H and O–H groups in total. The lowest BCUT2D eigenvalue weighted by Gasteiger charge is -2.08. The van der Waals surface area contributed by atoms with Gasteiger partial charge in [0.1, 0.15) is 5.75 Å². The van der Waals surface area contributed by atoms with Gasteiger partial charge >= 0.3 is 0 Å². The molecule has 0 aliphatic heterocycles. The van der Waals surface area contributed by atoms with Gasteiger partial charge in [0.15, 0.2) is 6.61 Å². The summed E-state index contributed by atoms with van der Waals surface area (Å²) < 4.78 is 5.26. The van der Waals surface area contributed by atoms with Crippen LogP contribution in [0.15, 0.2) is 24.3 Å². The van der Waals surface area contributed by atoms with E-state index in [2.05, 4.69) is 5.32 Å². The Morgan fingerprint density at radius 2 is 2.06 bits per heavy atom. The second-order valence-corrected chi connectivity index (χ2v) is 3.49. The second kappa shape index (κ2) is 6.12. The zero-order valence-electron chi connectivity index (χ0n) is 9.56. The first-order chi connectivity index (χ1) is 7.63. The molecule has 0 aliphatic rings. The maximum Gasteiger partial charge on any atom is 0.257 e. The Bertz CT molecular complexity index is 333. The van der Waals surface area contributed by atoms with Gasteiger partial charge in [0.05, 0.1) is 6.10 Å². The van der Waals surface area contributed by atoms with Crippen molar-refractivity contribution in [2.24, 2.45) is 0 Å². The van der Waals surface area contributed by atoms with Gasteiger partial charge in [-0.3, -0.25) is 4.79 Å². The number of rotatable bonds is 5. The van der Waals surface area contributed by atoms with Crippen LogP contribution in [0.1, 0.15) is 25.5 Å². The third-order valence-electron chi connectivity index (χ3n) is 2.11. The molecule has 0 aromatic heterocycles. The summed E-state index contributed by atoms with van der Waals surface area (Å²) in [5.41, 5.74) is 0.824. The van der Waals surface area contributed by atoms with Gasteiger partial charge < -0.3 is 15.2 Å². The largest absolute Gasteiger partial charge is 0.484 e. The van der Waals surface area contributed by atoms with Crippen molar-refractivity contribution in [1.82, 2.24) is 5.32 Å². The molecule has 1 aromatic carbocycles. The van der Waals surface area contributed by atoms with Gasteiger partial charge in [0.25, 0.3) is 5.91 Å². The summed E-state index contributed by atoms with van der Waals surface area (Å²) in [4.78, 5) is 11.1. The molecule has 0 heterocycles. The van der Waals surface area contributed by atoms with E-state index < -0.39 is 6.10 Å². The number of hydrogen-bond donors (Lipinski definition) is 2. The smallest absolute Gasteiger partial charge is 0.257 e. The van der Waals surface area contributed by atoms with Crippen molar-refractivity contribution >= 4 is 5.91 Å². The quantitative estimate of drug-likeness (QED) is 0.790. The highest BCUT2D eigenvalue weighted by atomic mass is 16.5. The van der Waals surface area contributed by atoms with Crippen LogP contribution < -0.4 is 10.1 Å². The standard InChI is InChI=1S/C12H17NO3/c1-3-13-12(15)8-16-11-6-4-10(5-7-11)9(2)14/h4-7,9,14H,3,8H2,1-2H3,(H,13,15)/t9-/m0/s1. The Labute approximate surface area is 95.2 Å². The Balaban J connectivity index is 2.46. The van der Waals surface area contributed by atoms with E-state index in [-0.39, 0.29) is 12.5 Å². The fourth-order valence-corrected chi connectivity index (χ4v) is 1.24. The van der Waals surface area contributed by atoms with Gasteiger partial charge in [-0.15, -0.1) is 0 Å². The lowest BCUT2D eigenvalue weighted by molar-refractivity contribution is -0.122. The molecule has 0 fully saturated rings. The number of carbonyl (C=O) groups is 1. The predicted octanol–water partition coefficient (Wildman–Crippen LogP) is 1.25. The average molecular weight is 223 g/mol. The first-order valence-electron chi connectivity index (χ1n) is 5.31. The molecule has 16 heavy (non-hydrogen) atoms. The highest BCUT2D eigenvalue weighted by molar-refractivity contribution is 5.77. The van der Waals surface area contributed by atoms with Crippen molar-refractivity contribution in [3.8, 4) is 5.75 Å². The zero-order chi connectivity index (χ0) is 12.0. The van der Waals surface area contributed by atoms with E-state index in [9.17, 15) is 9.90 Å². The Morgan fingerprint density at radius 1 is 1.44 bits per heavy atom. The van der Waals surface area contributed by atoms with Gasteiger partial charge in [-0.25, -0.2) is 0 Å². The van der Waals surface area contributed by atoms with E-state index in [0.29, 0.717) is 12.3 Å². The summed E-state index contributed by atoms with van der Waals surface area (Å²) in [6, 6.07) is 7.03. The third-order valence-corrected chi connectivity index (χ3v) is 2.11. The minimum atomic E-state index is -0.488. The second-order valence-electron chi connectivity index (χ2n) is 3.49. The fraction of sp³-hybridized carbons (Fsp3) is 0.417. The molecular weight excluding hydrogens is 206 g/mol. The van der Waals surface area contributed by atoms with Crippen molar-refractivity contribution in [2.45, 2.75) is 20.0 Å². The number of aliphatic hydroxyl groups excluding tert-OH is 1. The van der Waals surface area contributed by atoms with Crippen molar-refractivity contribution in [2.75, 3.05) is 13.2 Å². The summed E-state index contributed by atoms with van der Waals surface area (Å²) in [5.74, 6) is 0.484. The summed E-state index contributed by atoms with van der Waals surface area (Å²) >= 11 is 0. The van der Waals surface area contributed by atoms with Gasteiger partial charge in [-0.1, -0.05) is 12.1 Å². The van der Waals surface area contributed by atoms with E-state index in [0.717, 1.165) is 5.56 Å². The number of carbonyl (C=O) groups excluding carboxylic acids is 1. The minimum Gasteiger partial charge on any atom is -0.484 e. The van der Waals surface area contributed by atoms with E-state index in [4.69, 9.17) is 4.74 Å². The van der Waals surface area contributed by atoms with Gasteiger partial charge in [0, 0.05) is 6.54 Å². The fourth-order valence-electron chi connectivity index (χ4n) is 1.24. The Hall–Kier alpha value is -1.55. The first-order valence-corrected chi connectivity index (χ1v) is 5.31. The van der Waals surface area contributed by atoms with E-state index in [1.165, 1.54) is 0 Å². The highest BCUT2D eigenvalue weighted by Gasteiger charge is 2.03. The number of aliphatic hydroxyl groups is 1. The number of likely N-dealkylation sites (N-methyl/N-ethyl adjacent to an activating group) is 1. The molecule has 0 unspecified atom stereocenters. The lowest BCUT2D eigenvalue weighted by atomic mass is 10.1. The topological polar surface area (TPSA) is 58.6 Å². The van der Waals surface area contributed by atoms with Crippen molar-refractivity contribution in [3.05, 3.63) is 29.8 Å².